The number of esters is 1. The van der Waals surface area contributed by atoms with E-state index in [1.165, 1.54) is 18.2 Å². The Hall–Kier alpha value is -1.54. The lowest BCUT2D eigenvalue weighted by atomic mass is 10.3. The number of benzene rings is 2. The first-order chi connectivity index (χ1) is 11.7. The van der Waals surface area contributed by atoms with Gasteiger partial charge in [-0.3, -0.25) is 9.10 Å². The molecule has 0 amide bonds. The van der Waals surface area contributed by atoms with Crippen LogP contribution in [0.15, 0.2) is 41.3 Å². The lowest BCUT2D eigenvalue weighted by Crippen LogP contribution is -2.36. The van der Waals surface area contributed by atoms with Crippen LogP contribution in [0.1, 0.15) is 0 Å². The smallest absolute Gasteiger partial charge is 0.326 e. The molecule has 0 fully saturated rings. The third-order valence-corrected chi connectivity index (χ3v) is 5.93. The Morgan fingerprint density at radius 3 is 2.40 bits per heavy atom. The first-order valence-corrected chi connectivity index (χ1v) is 9.24. The Labute approximate surface area is 158 Å². The monoisotopic (exact) mass is 425 g/mol. The summed E-state index contributed by atoms with van der Waals surface area (Å²) in [6.07, 6.45) is 0. The average molecular weight is 427 g/mol. The van der Waals surface area contributed by atoms with Gasteiger partial charge in [-0.25, -0.2) is 12.8 Å². The molecule has 0 aliphatic rings. The van der Waals surface area contributed by atoms with Gasteiger partial charge >= 0.3 is 5.97 Å². The molecule has 25 heavy (non-hydrogen) atoms. The molecule has 5 nitrogen and oxygen atoms in total. The van der Waals surface area contributed by atoms with Crippen molar-refractivity contribution in [2.24, 2.45) is 0 Å². The number of halogens is 4. The van der Waals surface area contributed by atoms with Crippen LogP contribution in [-0.2, 0) is 19.6 Å². The van der Waals surface area contributed by atoms with Crippen molar-refractivity contribution in [3.8, 4) is 0 Å². The third kappa shape index (κ3) is 4.36. The molecule has 0 atom stereocenters. The van der Waals surface area contributed by atoms with Crippen molar-refractivity contribution in [2.45, 2.75) is 4.90 Å². The molecule has 0 aliphatic heterocycles. The molecule has 2 aromatic rings. The topological polar surface area (TPSA) is 63.7 Å². The maximum Gasteiger partial charge on any atom is 0.326 e. The van der Waals surface area contributed by atoms with Crippen LogP contribution in [0.2, 0.25) is 15.1 Å². The highest BCUT2D eigenvalue weighted by Gasteiger charge is 2.30. The molecular formula is C15H11Cl3FNO4S. The minimum atomic E-state index is -4.31. The summed E-state index contributed by atoms with van der Waals surface area (Å²) in [6, 6.07) is 7.11. The SMILES string of the molecule is COC(=O)CN(c1ccc(F)c(Cl)c1)S(=O)(=O)c1cc(Cl)ccc1Cl. The van der Waals surface area contributed by atoms with E-state index < -0.39 is 28.4 Å². The van der Waals surface area contributed by atoms with Crippen LogP contribution in [0.5, 0.6) is 0 Å². The summed E-state index contributed by atoms with van der Waals surface area (Å²) in [5, 5.41) is -0.259. The largest absolute Gasteiger partial charge is 0.468 e. The first kappa shape index (κ1) is 19.8. The van der Waals surface area contributed by atoms with E-state index in [0.29, 0.717) is 4.31 Å². The van der Waals surface area contributed by atoms with Gasteiger partial charge in [0.15, 0.2) is 0 Å². The van der Waals surface area contributed by atoms with E-state index in [-0.39, 0.29) is 25.7 Å². The van der Waals surface area contributed by atoms with Crippen molar-refractivity contribution in [2.75, 3.05) is 18.0 Å². The summed E-state index contributed by atoms with van der Waals surface area (Å²) < 4.78 is 44.6. The van der Waals surface area contributed by atoms with Gasteiger partial charge < -0.3 is 4.74 Å². The minimum Gasteiger partial charge on any atom is -0.468 e. The zero-order chi connectivity index (χ0) is 18.8. The van der Waals surface area contributed by atoms with Gasteiger partial charge in [-0.2, -0.15) is 0 Å². The third-order valence-electron chi connectivity index (χ3n) is 3.15. The van der Waals surface area contributed by atoms with Crippen molar-refractivity contribution in [1.29, 1.82) is 0 Å². The highest BCUT2D eigenvalue weighted by atomic mass is 35.5. The summed E-state index contributed by atoms with van der Waals surface area (Å²) >= 11 is 17.5. The van der Waals surface area contributed by atoms with Crippen molar-refractivity contribution >= 4 is 56.5 Å². The van der Waals surface area contributed by atoms with Crippen LogP contribution in [0.4, 0.5) is 10.1 Å². The van der Waals surface area contributed by atoms with Gasteiger partial charge in [0.05, 0.1) is 22.8 Å². The molecule has 0 bridgehead atoms. The van der Waals surface area contributed by atoms with Gasteiger partial charge in [0.25, 0.3) is 10.0 Å². The van der Waals surface area contributed by atoms with Crippen LogP contribution in [-0.4, -0.2) is 28.0 Å². The highest BCUT2D eigenvalue weighted by Crippen LogP contribution is 2.32. The lowest BCUT2D eigenvalue weighted by Gasteiger charge is -2.24. The van der Waals surface area contributed by atoms with E-state index in [1.807, 2.05) is 0 Å². The van der Waals surface area contributed by atoms with E-state index in [4.69, 9.17) is 34.8 Å². The molecule has 0 spiro atoms. The number of carbonyl (C=O) groups excluding carboxylic acids is 1. The quantitative estimate of drug-likeness (QED) is 0.674. The van der Waals surface area contributed by atoms with Crippen LogP contribution in [0, 0.1) is 5.82 Å². The molecule has 134 valence electrons. The van der Waals surface area contributed by atoms with E-state index >= 15 is 0 Å². The number of hydrogen-bond donors (Lipinski definition) is 0. The maximum absolute atomic E-state index is 13.4. The predicted octanol–water partition coefficient (Wildman–Crippen LogP) is 4.15. The van der Waals surface area contributed by atoms with Crippen molar-refractivity contribution in [1.82, 2.24) is 0 Å². The molecule has 10 heteroatoms. The maximum atomic E-state index is 13.4. The molecule has 0 N–H and O–H groups in total. The van der Waals surface area contributed by atoms with Crippen LogP contribution in [0.25, 0.3) is 0 Å². The van der Waals surface area contributed by atoms with E-state index in [1.54, 1.807) is 0 Å². The van der Waals surface area contributed by atoms with Gasteiger partial charge in [0.2, 0.25) is 0 Å². The number of sulfonamides is 1. The zero-order valence-corrected chi connectivity index (χ0v) is 15.8. The van der Waals surface area contributed by atoms with Gasteiger partial charge in [-0.15, -0.1) is 0 Å². The summed E-state index contributed by atoms with van der Waals surface area (Å²) in [5.41, 5.74) is -0.0344. The second kappa shape index (κ2) is 7.78. The van der Waals surface area contributed by atoms with Crippen molar-refractivity contribution < 1.29 is 22.3 Å². The number of nitrogens with zero attached hydrogens (tertiary/aromatic N) is 1. The van der Waals surface area contributed by atoms with Gasteiger partial charge in [0, 0.05) is 5.02 Å². The molecule has 0 aromatic heterocycles. The highest BCUT2D eigenvalue weighted by molar-refractivity contribution is 7.93. The number of hydrogen-bond acceptors (Lipinski definition) is 4. The Balaban J connectivity index is 2.63. The number of rotatable bonds is 5. The Morgan fingerprint density at radius 2 is 1.80 bits per heavy atom. The lowest BCUT2D eigenvalue weighted by molar-refractivity contribution is -0.138. The number of anilines is 1. The van der Waals surface area contributed by atoms with E-state index in [0.717, 1.165) is 25.3 Å². The summed E-state index contributed by atoms with van der Waals surface area (Å²) in [6.45, 7) is -0.663. The second-order valence-electron chi connectivity index (χ2n) is 4.76. The Kier molecular flexibility index (Phi) is 6.16. The number of methoxy groups -OCH3 is 1. The molecule has 0 unspecified atom stereocenters. The van der Waals surface area contributed by atoms with E-state index in [9.17, 15) is 17.6 Å². The van der Waals surface area contributed by atoms with Gasteiger partial charge in [0.1, 0.15) is 17.3 Å². The van der Waals surface area contributed by atoms with E-state index in [2.05, 4.69) is 4.74 Å². The molecule has 2 rings (SSSR count). The predicted molar refractivity (Wildman–Crippen MR) is 94.4 cm³/mol. The van der Waals surface area contributed by atoms with Crippen molar-refractivity contribution in [3.63, 3.8) is 0 Å². The molecule has 0 saturated carbocycles. The van der Waals surface area contributed by atoms with Crippen LogP contribution in [0.3, 0.4) is 0 Å². The molecule has 0 heterocycles. The molecule has 0 aliphatic carbocycles. The Bertz CT molecular complexity index is 921. The Morgan fingerprint density at radius 1 is 1.12 bits per heavy atom. The average Bonchev–Trinajstić information content (AvgIpc) is 2.57. The summed E-state index contributed by atoms with van der Waals surface area (Å²) in [4.78, 5) is 11.4. The number of carbonyl (C=O) groups is 1. The fourth-order valence-electron chi connectivity index (χ4n) is 1.93. The second-order valence-corrected chi connectivity index (χ2v) is 7.84. The van der Waals surface area contributed by atoms with Crippen molar-refractivity contribution in [3.05, 3.63) is 57.3 Å². The fourth-order valence-corrected chi connectivity index (χ4v) is 4.25. The standard InChI is InChI=1S/C15H11Cl3FNO4S/c1-24-15(21)8-20(10-3-5-13(19)12(18)7-10)25(22,23)14-6-9(16)2-4-11(14)17/h2-7H,8H2,1H3. The number of ether oxygens (including phenoxy) is 1. The molecule has 0 radical (unpaired) electrons. The zero-order valence-electron chi connectivity index (χ0n) is 12.7. The summed E-state index contributed by atoms with van der Waals surface area (Å²) in [7, 11) is -3.20. The molecular weight excluding hydrogens is 416 g/mol. The van der Waals surface area contributed by atoms with Gasteiger partial charge in [-0.05, 0) is 36.4 Å². The van der Waals surface area contributed by atoms with Gasteiger partial charge in [-0.1, -0.05) is 34.8 Å². The first-order valence-electron chi connectivity index (χ1n) is 6.66. The normalized spacial score (nSPS) is 11.2. The summed E-state index contributed by atoms with van der Waals surface area (Å²) in [5.74, 6) is -1.57. The minimum absolute atomic E-state index is 0.0344. The molecule has 0 saturated heterocycles. The van der Waals surface area contributed by atoms with Crippen LogP contribution >= 0.6 is 34.8 Å². The molecule has 2 aromatic carbocycles. The van der Waals surface area contributed by atoms with Crippen LogP contribution < -0.4 is 4.31 Å². The fraction of sp³-hybridized carbons (Fsp3) is 0.133.